The van der Waals surface area contributed by atoms with Crippen molar-refractivity contribution in [1.29, 1.82) is 0 Å². The first-order valence-corrected chi connectivity index (χ1v) is 6.25. The third-order valence-corrected chi connectivity index (χ3v) is 3.53. The van der Waals surface area contributed by atoms with Crippen LogP contribution in [0.3, 0.4) is 0 Å². The highest BCUT2D eigenvalue weighted by Gasteiger charge is 2.31. The summed E-state index contributed by atoms with van der Waals surface area (Å²) in [7, 11) is 0. The molecule has 1 aromatic carbocycles. The highest BCUT2D eigenvalue weighted by atomic mass is 19.1. The first-order valence-electron chi connectivity index (χ1n) is 6.25. The number of hydrogen-bond donors (Lipinski definition) is 0. The van der Waals surface area contributed by atoms with Gasteiger partial charge >= 0.3 is 0 Å². The summed E-state index contributed by atoms with van der Waals surface area (Å²) in [4.78, 5) is 12.4. The van der Waals surface area contributed by atoms with E-state index in [1.807, 2.05) is 0 Å². The third-order valence-electron chi connectivity index (χ3n) is 3.53. The Morgan fingerprint density at radius 3 is 2.44 bits per heavy atom. The monoisotopic (exact) mass is 253 g/mol. The van der Waals surface area contributed by atoms with Crippen molar-refractivity contribution in [2.75, 3.05) is 11.4 Å². The third kappa shape index (κ3) is 2.24. The SMILES string of the molecule is CC(C)C1CCCN1c1c(F)cc(C=O)cc1F. The minimum Gasteiger partial charge on any atom is -0.364 e. The summed E-state index contributed by atoms with van der Waals surface area (Å²) in [6.45, 7) is 4.77. The fourth-order valence-corrected chi connectivity index (χ4v) is 2.69. The number of hydrogen-bond acceptors (Lipinski definition) is 2. The molecule has 1 fully saturated rings. The lowest BCUT2D eigenvalue weighted by molar-refractivity contribution is 0.112. The lowest BCUT2D eigenvalue weighted by atomic mass is 10.0. The van der Waals surface area contributed by atoms with Crippen LogP contribution in [0.4, 0.5) is 14.5 Å². The van der Waals surface area contributed by atoms with E-state index in [0.29, 0.717) is 18.7 Å². The van der Waals surface area contributed by atoms with E-state index >= 15 is 0 Å². The van der Waals surface area contributed by atoms with Gasteiger partial charge in [-0.3, -0.25) is 4.79 Å². The van der Waals surface area contributed by atoms with Crippen molar-refractivity contribution in [3.8, 4) is 0 Å². The molecule has 0 bridgehead atoms. The Balaban J connectivity index is 2.41. The zero-order chi connectivity index (χ0) is 13.3. The molecule has 1 aliphatic heterocycles. The number of carbonyl (C=O) groups excluding carboxylic acids is 1. The average Bonchev–Trinajstić information content (AvgIpc) is 2.77. The van der Waals surface area contributed by atoms with E-state index in [-0.39, 0.29) is 17.3 Å². The van der Waals surface area contributed by atoms with Gasteiger partial charge in [-0.1, -0.05) is 13.8 Å². The van der Waals surface area contributed by atoms with Crippen molar-refractivity contribution in [3.05, 3.63) is 29.3 Å². The summed E-state index contributed by atoms with van der Waals surface area (Å²) in [5.41, 5.74) is 0.0471. The first kappa shape index (κ1) is 13.0. The fraction of sp³-hybridized carbons (Fsp3) is 0.500. The average molecular weight is 253 g/mol. The van der Waals surface area contributed by atoms with Crippen LogP contribution < -0.4 is 4.90 Å². The molecule has 0 N–H and O–H groups in total. The van der Waals surface area contributed by atoms with Gasteiger partial charge < -0.3 is 4.90 Å². The molecule has 0 saturated carbocycles. The summed E-state index contributed by atoms with van der Waals surface area (Å²) in [6.07, 6.45) is 2.35. The molecule has 1 atom stereocenters. The first-order chi connectivity index (χ1) is 8.54. The molecule has 98 valence electrons. The lowest BCUT2D eigenvalue weighted by Gasteiger charge is -2.30. The van der Waals surface area contributed by atoms with Crippen molar-refractivity contribution in [2.45, 2.75) is 32.7 Å². The Kier molecular flexibility index (Phi) is 3.64. The molecule has 0 amide bonds. The van der Waals surface area contributed by atoms with E-state index in [2.05, 4.69) is 13.8 Å². The van der Waals surface area contributed by atoms with Crippen LogP contribution in [-0.2, 0) is 0 Å². The molecule has 1 heterocycles. The Hall–Kier alpha value is -1.45. The molecular weight excluding hydrogens is 236 g/mol. The maximum Gasteiger partial charge on any atom is 0.150 e. The number of carbonyl (C=O) groups is 1. The summed E-state index contributed by atoms with van der Waals surface area (Å²) < 4.78 is 27.9. The van der Waals surface area contributed by atoms with E-state index in [1.165, 1.54) is 0 Å². The Morgan fingerprint density at radius 1 is 1.33 bits per heavy atom. The molecule has 2 rings (SSSR count). The van der Waals surface area contributed by atoms with Crippen LogP contribution in [0, 0.1) is 17.6 Å². The minimum absolute atomic E-state index is 0.0109. The number of benzene rings is 1. The number of nitrogens with zero attached hydrogens (tertiary/aromatic N) is 1. The van der Waals surface area contributed by atoms with Gasteiger partial charge in [-0.25, -0.2) is 8.78 Å². The van der Waals surface area contributed by atoms with Gasteiger partial charge in [0.1, 0.15) is 23.6 Å². The summed E-state index contributed by atoms with van der Waals surface area (Å²) in [5, 5.41) is 0. The van der Waals surface area contributed by atoms with Gasteiger partial charge in [0.25, 0.3) is 0 Å². The van der Waals surface area contributed by atoms with Gasteiger partial charge in [-0.15, -0.1) is 0 Å². The topological polar surface area (TPSA) is 20.3 Å². The minimum atomic E-state index is -0.648. The molecule has 2 nitrogen and oxygen atoms in total. The molecule has 1 unspecified atom stereocenters. The largest absolute Gasteiger partial charge is 0.364 e. The molecule has 1 saturated heterocycles. The second-order valence-electron chi connectivity index (χ2n) is 5.10. The van der Waals surface area contributed by atoms with E-state index in [1.54, 1.807) is 4.90 Å². The molecule has 0 aliphatic carbocycles. The number of rotatable bonds is 3. The highest BCUT2D eigenvalue weighted by Crippen LogP contribution is 2.33. The summed E-state index contributed by atoms with van der Waals surface area (Å²) >= 11 is 0. The van der Waals surface area contributed by atoms with E-state index in [4.69, 9.17) is 0 Å². The number of halogens is 2. The summed E-state index contributed by atoms with van der Waals surface area (Å²) in [6, 6.07) is 2.36. The highest BCUT2D eigenvalue weighted by molar-refractivity contribution is 5.76. The van der Waals surface area contributed by atoms with Crippen molar-refractivity contribution in [1.82, 2.24) is 0 Å². The van der Waals surface area contributed by atoms with Crippen LogP contribution in [0.25, 0.3) is 0 Å². The molecule has 18 heavy (non-hydrogen) atoms. The normalized spacial score (nSPS) is 19.6. The van der Waals surface area contributed by atoms with Crippen molar-refractivity contribution >= 4 is 12.0 Å². The molecule has 1 aliphatic rings. The van der Waals surface area contributed by atoms with Crippen LogP contribution >= 0.6 is 0 Å². The fourth-order valence-electron chi connectivity index (χ4n) is 2.69. The van der Waals surface area contributed by atoms with Crippen LogP contribution in [0.2, 0.25) is 0 Å². The Labute approximate surface area is 106 Å². The van der Waals surface area contributed by atoms with E-state index < -0.39 is 11.6 Å². The second kappa shape index (κ2) is 5.04. The van der Waals surface area contributed by atoms with E-state index in [0.717, 1.165) is 25.0 Å². The van der Waals surface area contributed by atoms with Gasteiger partial charge in [0.2, 0.25) is 0 Å². The van der Waals surface area contributed by atoms with E-state index in [9.17, 15) is 13.6 Å². The molecule has 1 aromatic rings. The Bertz CT molecular complexity index is 436. The quantitative estimate of drug-likeness (QED) is 0.769. The van der Waals surface area contributed by atoms with Crippen LogP contribution in [-0.4, -0.2) is 18.9 Å². The predicted octanol–water partition coefficient (Wildman–Crippen LogP) is 3.40. The van der Waals surface area contributed by atoms with Crippen LogP contribution in [0.15, 0.2) is 12.1 Å². The second-order valence-corrected chi connectivity index (χ2v) is 5.10. The van der Waals surface area contributed by atoms with Crippen LogP contribution in [0.1, 0.15) is 37.0 Å². The standard InChI is InChI=1S/C14H17F2NO/c1-9(2)13-4-3-5-17(13)14-11(15)6-10(8-18)7-12(14)16/h6-9,13H,3-5H2,1-2H3. The Morgan fingerprint density at radius 2 is 1.94 bits per heavy atom. The van der Waals surface area contributed by atoms with Gasteiger partial charge in [0.05, 0.1) is 0 Å². The number of aldehydes is 1. The smallest absolute Gasteiger partial charge is 0.150 e. The zero-order valence-corrected chi connectivity index (χ0v) is 10.6. The van der Waals surface area contributed by atoms with Gasteiger partial charge in [0.15, 0.2) is 0 Å². The molecule has 4 heteroatoms. The lowest BCUT2D eigenvalue weighted by Crippen LogP contribution is -2.34. The molecular formula is C14H17F2NO. The maximum absolute atomic E-state index is 13.9. The van der Waals surface area contributed by atoms with Gasteiger partial charge in [-0.2, -0.15) is 0 Å². The maximum atomic E-state index is 13.9. The van der Waals surface area contributed by atoms with Gasteiger partial charge in [0, 0.05) is 18.2 Å². The molecule has 0 spiro atoms. The van der Waals surface area contributed by atoms with Crippen LogP contribution in [0.5, 0.6) is 0 Å². The number of anilines is 1. The van der Waals surface area contributed by atoms with Gasteiger partial charge in [-0.05, 0) is 30.9 Å². The zero-order valence-electron chi connectivity index (χ0n) is 10.6. The predicted molar refractivity (Wildman–Crippen MR) is 67.0 cm³/mol. The van der Waals surface area contributed by atoms with Crippen molar-refractivity contribution < 1.29 is 13.6 Å². The molecule has 0 radical (unpaired) electrons. The van der Waals surface area contributed by atoms with Crippen molar-refractivity contribution in [3.63, 3.8) is 0 Å². The molecule has 0 aromatic heterocycles. The van der Waals surface area contributed by atoms with Crippen molar-refractivity contribution in [2.24, 2.45) is 5.92 Å². The summed E-state index contributed by atoms with van der Waals surface area (Å²) in [5.74, 6) is -0.952.